The number of methoxy groups -OCH3 is 1. The number of rotatable bonds is 5. The maximum absolute atomic E-state index is 12.9. The fourth-order valence-corrected chi connectivity index (χ4v) is 3.44. The smallest absolute Gasteiger partial charge is 0.331 e. The molecule has 1 aliphatic heterocycles. The molecule has 118 valence electrons. The monoisotopic (exact) mass is 296 g/mol. The summed E-state index contributed by atoms with van der Waals surface area (Å²) in [6.07, 6.45) is 5.32. The van der Waals surface area contributed by atoms with Crippen LogP contribution in [0.25, 0.3) is 0 Å². The van der Waals surface area contributed by atoms with E-state index >= 15 is 0 Å². The highest BCUT2D eigenvalue weighted by atomic mass is 16.5. The van der Waals surface area contributed by atoms with Crippen LogP contribution >= 0.6 is 0 Å². The number of barbiturate groups is 1. The molecule has 2 aliphatic rings. The second-order valence-corrected chi connectivity index (χ2v) is 5.98. The minimum Gasteiger partial charge on any atom is -0.383 e. The Hall–Kier alpha value is -1.43. The van der Waals surface area contributed by atoms with E-state index in [1.54, 1.807) is 7.11 Å². The Kier molecular flexibility index (Phi) is 4.98. The Morgan fingerprint density at radius 3 is 2.48 bits per heavy atom. The molecule has 21 heavy (non-hydrogen) atoms. The van der Waals surface area contributed by atoms with Crippen molar-refractivity contribution in [3.63, 3.8) is 0 Å². The molecule has 0 radical (unpaired) electrons. The Bertz CT molecular complexity index is 423. The van der Waals surface area contributed by atoms with Gasteiger partial charge >= 0.3 is 6.03 Å². The highest BCUT2D eigenvalue weighted by Crippen LogP contribution is 2.40. The van der Waals surface area contributed by atoms with Gasteiger partial charge in [0.15, 0.2) is 0 Å². The van der Waals surface area contributed by atoms with Crippen LogP contribution in [0.4, 0.5) is 4.79 Å². The summed E-state index contributed by atoms with van der Waals surface area (Å²) in [5.74, 6) is -0.743. The zero-order chi connectivity index (χ0) is 15.5. The zero-order valence-corrected chi connectivity index (χ0v) is 12.8. The third kappa shape index (κ3) is 2.81. The van der Waals surface area contributed by atoms with Gasteiger partial charge in [-0.25, -0.2) is 4.79 Å². The van der Waals surface area contributed by atoms with Crippen LogP contribution in [0.3, 0.4) is 0 Å². The van der Waals surface area contributed by atoms with Gasteiger partial charge in [-0.05, 0) is 19.3 Å². The van der Waals surface area contributed by atoms with E-state index in [0.717, 1.165) is 25.7 Å². The van der Waals surface area contributed by atoms with Crippen LogP contribution < -0.4 is 5.32 Å². The van der Waals surface area contributed by atoms with Crippen molar-refractivity contribution in [3.05, 3.63) is 0 Å². The number of carbonyl (C=O) groups excluding carboxylic acids is 3. The Labute approximate surface area is 125 Å². The molecule has 1 unspecified atom stereocenters. The number of amides is 4. The van der Waals surface area contributed by atoms with E-state index < -0.39 is 17.4 Å². The normalized spacial score (nSPS) is 23.3. The molecular formula is C15H24N2O4. The molecule has 1 atom stereocenters. The quantitative estimate of drug-likeness (QED) is 0.785. The second-order valence-electron chi connectivity index (χ2n) is 5.98. The van der Waals surface area contributed by atoms with Crippen LogP contribution in [0, 0.1) is 5.41 Å². The van der Waals surface area contributed by atoms with Crippen LogP contribution in [0.15, 0.2) is 0 Å². The lowest BCUT2D eigenvalue weighted by Gasteiger charge is -2.43. The van der Waals surface area contributed by atoms with Gasteiger partial charge < -0.3 is 4.74 Å². The number of urea groups is 1. The molecule has 0 aromatic rings. The van der Waals surface area contributed by atoms with E-state index in [-0.39, 0.29) is 11.9 Å². The summed E-state index contributed by atoms with van der Waals surface area (Å²) in [4.78, 5) is 38.6. The van der Waals surface area contributed by atoms with Crippen molar-refractivity contribution >= 4 is 17.8 Å². The summed E-state index contributed by atoms with van der Waals surface area (Å²) in [7, 11) is 1.55. The average molecular weight is 296 g/mol. The van der Waals surface area contributed by atoms with Crippen molar-refractivity contribution in [2.24, 2.45) is 5.41 Å². The molecule has 4 amide bonds. The van der Waals surface area contributed by atoms with Crippen LogP contribution in [0.2, 0.25) is 0 Å². The third-order valence-corrected chi connectivity index (χ3v) is 4.56. The molecule has 2 fully saturated rings. The summed E-state index contributed by atoms with van der Waals surface area (Å²) in [5, 5.41) is 2.39. The minimum absolute atomic E-state index is 0.303. The molecule has 1 heterocycles. The minimum atomic E-state index is -1.04. The first-order valence-corrected chi connectivity index (χ1v) is 7.75. The first-order valence-electron chi connectivity index (χ1n) is 7.75. The van der Waals surface area contributed by atoms with E-state index in [9.17, 15) is 14.4 Å². The Morgan fingerprint density at radius 1 is 1.24 bits per heavy atom. The van der Waals surface area contributed by atoms with Gasteiger partial charge in [0.2, 0.25) is 11.8 Å². The topological polar surface area (TPSA) is 75.7 Å². The average Bonchev–Trinajstić information content (AvgIpc) is 2.47. The predicted octanol–water partition coefficient (Wildman–Crippen LogP) is 1.83. The van der Waals surface area contributed by atoms with E-state index in [4.69, 9.17) is 4.74 Å². The molecule has 0 aromatic heterocycles. The summed E-state index contributed by atoms with van der Waals surface area (Å²) < 4.78 is 5.15. The molecule has 6 nitrogen and oxygen atoms in total. The van der Waals surface area contributed by atoms with E-state index in [1.807, 2.05) is 6.92 Å². The Morgan fingerprint density at radius 2 is 1.90 bits per heavy atom. The molecule has 1 saturated carbocycles. The van der Waals surface area contributed by atoms with Gasteiger partial charge in [0.25, 0.3) is 0 Å². The number of ether oxygens (including phenoxy) is 1. The highest BCUT2D eigenvalue weighted by molar-refractivity contribution is 6.19. The third-order valence-electron chi connectivity index (χ3n) is 4.56. The van der Waals surface area contributed by atoms with Gasteiger partial charge in [0.1, 0.15) is 5.41 Å². The lowest BCUT2D eigenvalue weighted by molar-refractivity contribution is -0.156. The largest absolute Gasteiger partial charge is 0.383 e. The molecule has 6 heteroatoms. The summed E-state index contributed by atoms with van der Waals surface area (Å²) in [5.41, 5.74) is -1.04. The van der Waals surface area contributed by atoms with Crippen molar-refractivity contribution in [1.82, 2.24) is 10.2 Å². The second kappa shape index (κ2) is 6.56. The van der Waals surface area contributed by atoms with Crippen LogP contribution in [-0.2, 0) is 14.3 Å². The van der Waals surface area contributed by atoms with Crippen LogP contribution in [0.1, 0.15) is 51.9 Å². The fraction of sp³-hybridized carbons (Fsp3) is 0.800. The molecule has 2 rings (SSSR count). The van der Waals surface area contributed by atoms with Crippen molar-refractivity contribution in [2.45, 2.75) is 57.9 Å². The maximum Gasteiger partial charge on any atom is 0.331 e. The number of carbonyl (C=O) groups is 3. The van der Waals surface area contributed by atoms with Gasteiger partial charge in [-0.2, -0.15) is 0 Å². The van der Waals surface area contributed by atoms with Crippen LogP contribution in [0.5, 0.6) is 0 Å². The lowest BCUT2D eigenvalue weighted by Crippen LogP contribution is -2.67. The molecule has 1 spiro atoms. The molecule has 0 bridgehead atoms. The lowest BCUT2D eigenvalue weighted by atomic mass is 9.71. The van der Waals surface area contributed by atoms with E-state index in [2.05, 4.69) is 5.32 Å². The predicted molar refractivity (Wildman–Crippen MR) is 76.5 cm³/mol. The van der Waals surface area contributed by atoms with Crippen molar-refractivity contribution in [1.29, 1.82) is 0 Å². The zero-order valence-electron chi connectivity index (χ0n) is 12.8. The molecular weight excluding hydrogens is 272 g/mol. The number of nitrogens with zero attached hydrogens (tertiary/aromatic N) is 1. The van der Waals surface area contributed by atoms with Gasteiger partial charge in [0, 0.05) is 7.11 Å². The standard InChI is InChI=1S/C15H24N2O4/c1-3-7-11(10-21-2)17-13(19)15(8-5-4-6-9-15)12(18)16-14(17)20/h11H,3-10H2,1-2H3,(H,16,18,20). The molecule has 1 aliphatic carbocycles. The summed E-state index contributed by atoms with van der Waals surface area (Å²) >= 11 is 0. The van der Waals surface area contributed by atoms with Gasteiger partial charge in [-0.1, -0.05) is 32.6 Å². The summed E-state index contributed by atoms with van der Waals surface area (Å²) in [6, 6.07) is -0.906. The number of hydrogen-bond donors (Lipinski definition) is 1. The van der Waals surface area contributed by atoms with Crippen LogP contribution in [-0.4, -0.2) is 42.5 Å². The molecule has 0 aromatic carbocycles. The van der Waals surface area contributed by atoms with Gasteiger partial charge in [-0.3, -0.25) is 19.8 Å². The molecule has 1 saturated heterocycles. The number of imide groups is 2. The highest BCUT2D eigenvalue weighted by Gasteiger charge is 2.55. The number of hydrogen-bond acceptors (Lipinski definition) is 4. The van der Waals surface area contributed by atoms with Crippen molar-refractivity contribution in [2.75, 3.05) is 13.7 Å². The van der Waals surface area contributed by atoms with E-state index in [1.165, 1.54) is 4.90 Å². The van der Waals surface area contributed by atoms with Crippen molar-refractivity contribution < 1.29 is 19.1 Å². The van der Waals surface area contributed by atoms with E-state index in [0.29, 0.717) is 25.9 Å². The first-order chi connectivity index (χ1) is 10.1. The summed E-state index contributed by atoms with van der Waals surface area (Å²) in [6.45, 7) is 2.30. The Balaban J connectivity index is 2.29. The maximum atomic E-state index is 12.9. The van der Waals surface area contributed by atoms with Gasteiger partial charge in [-0.15, -0.1) is 0 Å². The first kappa shape index (κ1) is 15.9. The fourth-order valence-electron chi connectivity index (χ4n) is 3.44. The molecule has 1 N–H and O–H groups in total. The number of nitrogens with one attached hydrogen (secondary N) is 1. The van der Waals surface area contributed by atoms with Gasteiger partial charge in [0.05, 0.1) is 12.6 Å². The SMILES string of the molecule is CCCC(COC)N1C(=O)NC(=O)C2(CCCCC2)C1=O. The van der Waals surface area contributed by atoms with Crippen molar-refractivity contribution in [3.8, 4) is 0 Å².